The van der Waals surface area contributed by atoms with E-state index in [0.717, 1.165) is 12.5 Å². The summed E-state index contributed by atoms with van der Waals surface area (Å²) in [7, 11) is 0. The highest BCUT2D eigenvalue weighted by Crippen LogP contribution is 2.01. The van der Waals surface area contributed by atoms with Crippen LogP contribution in [0.1, 0.15) is 18.9 Å². The standard InChI is InChI=1S/C8H14NS/c1-7(2)6-9-4-5-10-8(9)3/h4-5,7H,6H2,1-3H3/q+1. The highest BCUT2D eigenvalue weighted by atomic mass is 32.1. The number of hydrogen-bond donors (Lipinski definition) is 0. The van der Waals surface area contributed by atoms with Crippen molar-refractivity contribution in [2.24, 2.45) is 5.92 Å². The molecule has 0 N–H and O–H groups in total. The Morgan fingerprint density at radius 2 is 2.30 bits per heavy atom. The molecule has 0 unspecified atom stereocenters. The summed E-state index contributed by atoms with van der Waals surface area (Å²) < 4.78 is 2.30. The van der Waals surface area contributed by atoms with Gasteiger partial charge in [0, 0.05) is 12.8 Å². The number of rotatable bonds is 2. The van der Waals surface area contributed by atoms with Gasteiger partial charge in [-0.3, -0.25) is 0 Å². The average molecular weight is 156 g/mol. The molecule has 0 aliphatic heterocycles. The van der Waals surface area contributed by atoms with Crippen LogP contribution in [0.3, 0.4) is 0 Å². The van der Waals surface area contributed by atoms with Crippen LogP contribution in [0.25, 0.3) is 0 Å². The lowest BCUT2D eigenvalue weighted by molar-refractivity contribution is -0.703. The smallest absolute Gasteiger partial charge is 0.193 e. The van der Waals surface area contributed by atoms with E-state index in [1.165, 1.54) is 5.01 Å². The normalized spacial score (nSPS) is 10.8. The van der Waals surface area contributed by atoms with E-state index in [2.05, 4.69) is 36.9 Å². The first-order valence-corrected chi connectivity index (χ1v) is 4.51. The fourth-order valence-corrected chi connectivity index (χ4v) is 1.63. The van der Waals surface area contributed by atoms with Crippen LogP contribution >= 0.6 is 11.3 Å². The summed E-state index contributed by atoms with van der Waals surface area (Å²) in [5.41, 5.74) is 0. The molecule has 0 radical (unpaired) electrons. The van der Waals surface area contributed by atoms with E-state index in [-0.39, 0.29) is 0 Å². The van der Waals surface area contributed by atoms with Crippen molar-refractivity contribution in [3.63, 3.8) is 0 Å². The molecule has 1 aromatic rings. The minimum absolute atomic E-state index is 0.748. The fraction of sp³-hybridized carbons (Fsp3) is 0.625. The van der Waals surface area contributed by atoms with Crippen molar-refractivity contribution in [3.05, 3.63) is 16.6 Å². The van der Waals surface area contributed by atoms with Gasteiger partial charge >= 0.3 is 0 Å². The molecule has 0 aliphatic carbocycles. The number of thiazole rings is 1. The van der Waals surface area contributed by atoms with Crippen molar-refractivity contribution in [2.45, 2.75) is 27.3 Å². The van der Waals surface area contributed by atoms with Crippen molar-refractivity contribution in [3.8, 4) is 0 Å². The van der Waals surface area contributed by atoms with E-state index >= 15 is 0 Å². The summed E-state index contributed by atoms with van der Waals surface area (Å²) in [5.74, 6) is 0.748. The van der Waals surface area contributed by atoms with Gasteiger partial charge in [0.1, 0.15) is 0 Å². The maximum absolute atomic E-state index is 2.30. The molecule has 0 spiro atoms. The Hall–Kier alpha value is -0.370. The zero-order chi connectivity index (χ0) is 7.56. The summed E-state index contributed by atoms with van der Waals surface area (Å²) in [6.45, 7) is 7.79. The maximum atomic E-state index is 2.30. The molecule has 1 aromatic heterocycles. The lowest BCUT2D eigenvalue weighted by Crippen LogP contribution is -2.36. The summed E-state index contributed by atoms with van der Waals surface area (Å²) in [6, 6.07) is 0. The van der Waals surface area contributed by atoms with E-state index in [1.807, 2.05) is 11.3 Å². The number of aromatic nitrogens is 1. The Balaban J connectivity index is 2.65. The van der Waals surface area contributed by atoms with Crippen LogP contribution in [0.4, 0.5) is 0 Å². The van der Waals surface area contributed by atoms with Gasteiger partial charge in [0.05, 0.1) is 5.38 Å². The minimum atomic E-state index is 0.748. The highest BCUT2D eigenvalue weighted by molar-refractivity contribution is 7.09. The van der Waals surface area contributed by atoms with Gasteiger partial charge < -0.3 is 0 Å². The van der Waals surface area contributed by atoms with Crippen LogP contribution < -0.4 is 4.57 Å². The quantitative estimate of drug-likeness (QED) is 0.577. The predicted molar refractivity (Wildman–Crippen MR) is 44.1 cm³/mol. The lowest BCUT2D eigenvalue weighted by Gasteiger charge is -1.96. The second-order valence-corrected chi connectivity index (χ2v) is 4.07. The molecule has 0 saturated carbocycles. The van der Waals surface area contributed by atoms with Gasteiger partial charge in [0.15, 0.2) is 12.7 Å². The van der Waals surface area contributed by atoms with Gasteiger partial charge in [-0.25, -0.2) is 0 Å². The molecule has 0 saturated heterocycles. The largest absolute Gasteiger partial charge is 0.234 e. The van der Waals surface area contributed by atoms with Crippen molar-refractivity contribution >= 4 is 11.3 Å². The summed E-state index contributed by atoms with van der Waals surface area (Å²) in [4.78, 5) is 0. The van der Waals surface area contributed by atoms with Crippen LogP contribution in [-0.4, -0.2) is 0 Å². The van der Waals surface area contributed by atoms with Crippen LogP contribution in [0.5, 0.6) is 0 Å². The van der Waals surface area contributed by atoms with Gasteiger partial charge in [-0.2, -0.15) is 4.57 Å². The second kappa shape index (κ2) is 3.15. The predicted octanol–water partition coefficient (Wildman–Crippen LogP) is 2.00. The van der Waals surface area contributed by atoms with E-state index in [4.69, 9.17) is 0 Å². The first-order chi connectivity index (χ1) is 4.70. The molecule has 0 aromatic carbocycles. The van der Waals surface area contributed by atoms with Crippen LogP contribution in [0.2, 0.25) is 0 Å². The van der Waals surface area contributed by atoms with Gasteiger partial charge in [-0.1, -0.05) is 25.2 Å². The van der Waals surface area contributed by atoms with E-state index < -0.39 is 0 Å². The third-order valence-electron chi connectivity index (χ3n) is 1.45. The Morgan fingerprint density at radius 3 is 2.70 bits per heavy atom. The van der Waals surface area contributed by atoms with Crippen LogP contribution in [-0.2, 0) is 6.54 Å². The van der Waals surface area contributed by atoms with E-state index in [9.17, 15) is 0 Å². The molecule has 0 atom stereocenters. The zero-order valence-electron chi connectivity index (χ0n) is 6.79. The van der Waals surface area contributed by atoms with Crippen LogP contribution in [0.15, 0.2) is 11.6 Å². The lowest BCUT2D eigenvalue weighted by atomic mass is 10.2. The number of nitrogens with zero attached hydrogens (tertiary/aromatic N) is 1. The molecule has 1 heterocycles. The number of aryl methyl sites for hydroxylation is 1. The zero-order valence-corrected chi connectivity index (χ0v) is 7.61. The van der Waals surface area contributed by atoms with Crippen molar-refractivity contribution in [2.75, 3.05) is 0 Å². The highest BCUT2D eigenvalue weighted by Gasteiger charge is 2.07. The second-order valence-electron chi connectivity index (χ2n) is 2.97. The van der Waals surface area contributed by atoms with Gasteiger partial charge in [-0.15, -0.1) is 0 Å². The Bertz CT molecular complexity index is 203. The van der Waals surface area contributed by atoms with Gasteiger partial charge in [0.25, 0.3) is 0 Å². The molecule has 0 fully saturated rings. The molecule has 1 rings (SSSR count). The third-order valence-corrected chi connectivity index (χ3v) is 2.28. The molecular weight excluding hydrogens is 142 g/mol. The van der Waals surface area contributed by atoms with Crippen molar-refractivity contribution in [1.29, 1.82) is 0 Å². The fourth-order valence-electron chi connectivity index (χ4n) is 0.958. The topological polar surface area (TPSA) is 3.88 Å². The van der Waals surface area contributed by atoms with Gasteiger partial charge in [0.2, 0.25) is 5.01 Å². The first-order valence-electron chi connectivity index (χ1n) is 3.63. The molecule has 0 aliphatic rings. The van der Waals surface area contributed by atoms with Crippen LogP contribution in [0, 0.1) is 12.8 Å². The monoisotopic (exact) mass is 156 g/mol. The molecule has 2 heteroatoms. The molecular formula is C8H14NS+. The minimum Gasteiger partial charge on any atom is -0.193 e. The molecule has 1 nitrogen and oxygen atoms in total. The van der Waals surface area contributed by atoms with E-state index in [0.29, 0.717) is 0 Å². The maximum Gasteiger partial charge on any atom is 0.234 e. The SMILES string of the molecule is Cc1scc[n+]1CC(C)C. The van der Waals surface area contributed by atoms with Crippen molar-refractivity contribution < 1.29 is 4.57 Å². The third kappa shape index (κ3) is 1.81. The molecule has 56 valence electrons. The Kier molecular flexibility index (Phi) is 2.44. The average Bonchev–Trinajstić information content (AvgIpc) is 2.15. The molecule has 10 heavy (non-hydrogen) atoms. The Morgan fingerprint density at radius 1 is 1.60 bits per heavy atom. The first kappa shape index (κ1) is 7.73. The molecule has 0 amide bonds. The van der Waals surface area contributed by atoms with E-state index in [1.54, 1.807) is 0 Å². The van der Waals surface area contributed by atoms with Crippen molar-refractivity contribution in [1.82, 2.24) is 0 Å². The summed E-state index contributed by atoms with van der Waals surface area (Å²) >= 11 is 1.81. The summed E-state index contributed by atoms with van der Waals surface area (Å²) in [5, 5.41) is 3.53. The summed E-state index contributed by atoms with van der Waals surface area (Å²) in [6.07, 6.45) is 2.15. The Labute approximate surface area is 66.3 Å². The number of hydrogen-bond acceptors (Lipinski definition) is 1. The van der Waals surface area contributed by atoms with Gasteiger partial charge in [-0.05, 0) is 0 Å². The molecule has 0 bridgehead atoms.